The standard InChI is InChI=1S/C15H30N2O5/c1-21-11-5-8-14(18)17-13(15(19)20)7-3-4-9-16-10-6-12-22-2/h13,16H,3-12H2,1-2H3,(H,17,18)(H,19,20). The topological polar surface area (TPSA) is 96.9 Å². The lowest BCUT2D eigenvalue weighted by Crippen LogP contribution is -2.40. The van der Waals surface area contributed by atoms with Gasteiger partial charge in [0, 0.05) is 33.9 Å². The first kappa shape index (κ1) is 20.8. The highest BCUT2D eigenvalue weighted by Crippen LogP contribution is 2.02. The van der Waals surface area contributed by atoms with Crippen molar-refractivity contribution in [3.05, 3.63) is 0 Å². The molecule has 0 aromatic carbocycles. The number of hydrogen-bond acceptors (Lipinski definition) is 5. The molecule has 0 fully saturated rings. The molecule has 0 saturated carbocycles. The van der Waals surface area contributed by atoms with Gasteiger partial charge in [0.2, 0.25) is 5.91 Å². The molecule has 0 heterocycles. The van der Waals surface area contributed by atoms with Crippen LogP contribution in [-0.2, 0) is 19.1 Å². The SMILES string of the molecule is COCCCNCCCCC(NC(=O)CCCOC)C(=O)O. The largest absolute Gasteiger partial charge is 0.480 e. The van der Waals surface area contributed by atoms with Crippen LogP contribution in [0.2, 0.25) is 0 Å². The van der Waals surface area contributed by atoms with Crippen molar-refractivity contribution >= 4 is 11.9 Å². The van der Waals surface area contributed by atoms with Crippen molar-refractivity contribution in [2.45, 2.75) is 44.6 Å². The van der Waals surface area contributed by atoms with Gasteiger partial charge in [-0.25, -0.2) is 4.79 Å². The van der Waals surface area contributed by atoms with Gasteiger partial charge in [-0.05, 0) is 45.2 Å². The lowest BCUT2D eigenvalue weighted by atomic mass is 10.1. The van der Waals surface area contributed by atoms with Gasteiger partial charge in [0.05, 0.1) is 0 Å². The van der Waals surface area contributed by atoms with E-state index >= 15 is 0 Å². The molecule has 22 heavy (non-hydrogen) atoms. The van der Waals surface area contributed by atoms with Crippen LogP contribution in [0.15, 0.2) is 0 Å². The molecule has 1 unspecified atom stereocenters. The molecule has 0 aliphatic rings. The van der Waals surface area contributed by atoms with Crippen molar-refractivity contribution < 1.29 is 24.2 Å². The average molecular weight is 318 g/mol. The smallest absolute Gasteiger partial charge is 0.326 e. The van der Waals surface area contributed by atoms with E-state index in [2.05, 4.69) is 10.6 Å². The number of rotatable bonds is 15. The van der Waals surface area contributed by atoms with E-state index in [0.717, 1.165) is 39.0 Å². The number of unbranched alkanes of at least 4 members (excludes halogenated alkanes) is 1. The first-order valence-electron chi connectivity index (χ1n) is 7.82. The van der Waals surface area contributed by atoms with Gasteiger partial charge in [0.15, 0.2) is 0 Å². The van der Waals surface area contributed by atoms with Gasteiger partial charge in [-0.1, -0.05) is 0 Å². The molecule has 0 aromatic heterocycles. The summed E-state index contributed by atoms with van der Waals surface area (Å²) < 4.78 is 9.81. The molecule has 0 rings (SSSR count). The van der Waals surface area contributed by atoms with E-state index in [1.165, 1.54) is 0 Å². The van der Waals surface area contributed by atoms with E-state index in [1.54, 1.807) is 14.2 Å². The Labute approximate surface area is 132 Å². The second-order valence-corrected chi connectivity index (χ2v) is 5.15. The molecule has 0 radical (unpaired) electrons. The van der Waals surface area contributed by atoms with E-state index < -0.39 is 12.0 Å². The molecular weight excluding hydrogens is 288 g/mol. The van der Waals surface area contributed by atoms with Crippen LogP contribution in [0.25, 0.3) is 0 Å². The molecule has 130 valence electrons. The molecule has 0 aliphatic carbocycles. The summed E-state index contributed by atoms with van der Waals surface area (Å²) in [6.45, 7) is 2.98. The highest BCUT2D eigenvalue weighted by atomic mass is 16.5. The first-order valence-corrected chi connectivity index (χ1v) is 7.82. The lowest BCUT2D eigenvalue weighted by Gasteiger charge is -2.14. The quantitative estimate of drug-likeness (QED) is 0.386. The van der Waals surface area contributed by atoms with Gasteiger partial charge in [-0.2, -0.15) is 0 Å². The predicted molar refractivity (Wildman–Crippen MR) is 83.9 cm³/mol. The van der Waals surface area contributed by atoms with Gasteiger partial charge in [-0.3, -0.25) is 4.79 Å². The summed E-state index contributed by atoms with van der Waals surface area (Å²) >= 11 is 0. The molecule has 1 amide bonds. The maximum atomic E-state index is 11.6. The van der Waals surface area contributed by atoms with Gasteiger partial charge >= 0.3 is 5.97 Å². The Hall–Kier alpha value is -1.18. The number of nitrogens with one attached hydrogen (secondary N) is 2. The number of carbonyl (C=O) groups is 2. The Morgan fingerprint density at radius 2 is 1.64 bits per heavy atom. The van der Waals surface area contributed by atoms with Crippen molar-refractivity contribution in [3.8, 4) is 0 Å². The molecule has 0 spiro atoms. The van der Waals surface area contributed by atoms with E-state index in [-0.39, 0.29) is 5.91 Å². The molecule has 0 saturated heterocycles. The van der Waals surface area contributed by atoms with E-state index in [4.69, 9.17) is 14.6 Å². The summed E-state index contributed by atoms with van der Waals surface area (Å²) in [7, 11) is 3.25. The number of methoxy groups -OCH3 is 2. The van der Waals surface area contributed by atoms with Crippen LogP contribution in [-0.4, -0.2) is 63.5 Å². The van der Waals surface area contributed by atoms with Crippen LogP contribution in [0.4, 0.5) is 0 Å². The Morgan fingerprint density at radius 1 is 1.00 bits per heavy atom. The number of carboxylic acid groups (broad SMARTS) is 1. The zero-order chi connectivity index (χ0) is 16.6. The number of ether oxygens (including phenoxy) is 2. The van der Waals surface area contributed by atoms with Gasteiger partial charge in [-0.15, -0.1) is 0 Å². The molecule has 1 atom stereocenters. The summed E-state index contributed by atoms with van der Waals surface area (Å²) in [6.07, 6.45) is 3.94. The molecule has 7 heteroatoms. The fraction of sp³-hybridized carbons (Fsp3) is 0.867. The number of aliphatic carboxylic acids is 1. The molecule has 0 aliphatic heterocycles. The van der Waals surface area contributed by atoms with Crippen molar-refractivity contribution in [1.29, 1.82) is 0 Å². The van der Waals surface area contributed by atoms with E-state index in [0.29, 0.717) is 25.9 Å². The average Bonchev–Trinajstić information content (AvgIpc) is 2.48. The highest BCUT2D eigenvalue weighted by molar-refractivity contribution is 5.83. The summed E-state index contributed by atoms with van der Waals surface area (Å²) in [6, 6.07) is -0.802. The number of carboxylic acids is 1. The van der Waals surface area contributed by atoms with Gasteiger partial charge in [0.1, 0.15) is 6.04 Å². The monoisotopic (exact) mass is 318 g/mol. The Bertz CT molecular complexity index is 300. The van der Waals surface area contributed by atoms with E-state index in [1.807, 2.05) is 0 Å². The minimum absolute atomic E-state index is 0.234. The third-order valence-electron chi connectivity index (χ3n) is 3.18. The zero-order valence-electron chi connectivity index (χ0n) is 13.7. The van der Waals surface area contributed by atoms with Crippen LogP contribution in [0.5, 0.6) is 0 Å². The van der Waals surface area contributed by atoms with E-state index in [9.17, 15) is 9.59 Å². The normalized spacial score (nSPS) is 12.1. The van der Waals surface area contributed by atoms with Gasteiger partial charge < -0.3 is 25.2 Å². The lowest BCUT2D eigenvalue weighted by molar-refractivity contribution is -0.142. The maximum absolute atomic E-state index is 11.6. The summed E-state index contributed by atoms with van der Waals surface area (Å²) in [5.74, 6) is -1.21. The number of hydrogen-bond donors (Lipinski definition) is 3. The van der Waals surface area contributed by atoms with Crippen molar-refractivity contribution in [2.75, 3.05) is 40.5 Å². The first-order chi connectivity index (χ1) is 10.6. The third-order valence-corrected chi connectivity index (χ3v) is 3.18. The second kappa shape index (κ2) is 14.7. The number of carbonyl (C=O) groups excluding carboxylic acids is 1. The zero-order valence-corrected chi connectivity index (χ0v) is 13.7. The Balaban J connectivity index is 3.72. The van der Waals surface area contributed by atoms with Crippen molar-refractivity contribution in [1.82, 2.24) is 10.6 Å². The minimum atomic E-state index is -0.979. The molecule has 7 nitrogen and oxygen atoms in total. The molecule has 0 aromatic rings. The fourth-order valence-electron chi connectivity index (χ4n) is 1.97. The fourth-order valence-corrected chi connectivity index (χ4v) is 1.97. The Kier molecular flexibility index (Phi) is 14.0. The third kappa shape index (κ3) is 12.6. The van der Waals surface area contributed by atoms with Crippen molar-refractivity contribution in [3.63, 3.8) is 0 Å². The Morgan fingerprint density at radius 3 is 2.27 bits per heavy atom. The predicted octanol–water partition coefficient (Wildman–Crippen LogP) is 0.779. The van der Waals surface area contributed by atoms with Gasteiger partial charge in [0.25, 0.3) is 0 Å². The van der Waals surface area contributed by atoms with Crippen molar-refractivity contribution in [2.24, 2.45) is 0 Å². The summed E-state index contributed by atoms with van der Waals surface area (Å²) in [4.78, 5) is 22.7. The molecule has 0 bridgehead atoms. The molecule has 3 N–H and O–H groups in total. The summed E-state index contributed by atoms with van der Waals surface area (Å²) in [5.41, 5.74) is 0. The highest BCUT2D eigenvalue weighted by Gasteiger charge is 2.18. The molecular formula is C15H30N2O5. The van der Waals surface area contributed by atoms with Crippen LogP contribution in [0.1, 0.15) is 38.5 Å². The van der Waals surface area contributed by atoms with Crippen LogP contribution in [0, 0.1) is 0 Å². The summed E-state index contributed by atoms with van der Waals surface area (Å²) in [5, 5.41) is 15.0. The number of amides is 1. The minimum Gasteiger partial charge on any atom is -0.480 e. The van der Waals surface area contributed by atoms with Crippen LogP contribution >= 0.6 is 0 Å². The van der Waals surface area contributed by atoms with Crippen LogP contribution in [0.3, 0.4) is 0 Å². The van der Waals surface area contributed by atoms with Crippen LogP contribution < -0.4 is 10.6 Å². The maximum Gasteiger partial charge on any atom is 0.326 e. The second-order valence-electron chi connectivity index (χ2n) is 5.15.